The maximum atomic E-state index is 13.4. The second-order valence-electron chi connectivity index (χ2n) is 11.1. The van der Waals surface area contributed by atoms with Crippen molar-refractivity contribution >= 4 is 52.4 Å². The maximum Gasteiger partial charge on any atom is 0.343 e. The molecule has 4 aromatic rings. The van der Waals surface area contributed by atoms with Crippen LogP contribution < -0.4 is 10.1 Å². The first-order valence-electron chi connectivity index (χ1n) is 14.8. The van der Waals surface area contributed by atoms with Gasteiger partial charge in [0.15, 0.2) is 0 Å². The van der Waals surface area contributed by atoms with Gasteiger partial charge in [-0.05, 0) is 66.8 Å². The number of nitrogens with one attached hydrogen (secondary N) is 1. The van der Waals surface area contributed by atoms with Crippen LogP contribution in [0, 0.1) is 26.1 Å². The highest BCUT2D eigenvalue weighted by Crippen LogP contribution is 2.58. The van der Waals surface area contributed by atoms with Crippen molar-refractivity contribution in [1.29, 1.82) is 0 Å². The number of rotatable bonds is 9. The third-order valence-corrected chi connectivity index (χ3v) is 10.6. The summed E-state index contributed by atoms with van der Waals surface area (Å²) in [7, 11) is 0. The highest BCUT2D eigenvalue weighted by atomic mass is 35.5. The molecular formula is C34H28ClN3O8S. The van der Waals surface area contributed by atoms with Gasteiger partial charge < -0.3 is 14.8 Å². The molecule has 6 rings (SSSR count). The minimum atomic E-state index is -0.673. The molecular weight excluding hydrogens is 646 g/mol. The number of thioether (sulfide) groups is 1. The van der Waals surface area contributed by atoms with E-state index in [1.54, 1.807) is 67.6 Å². The molecule has 1 saturated carbocycles. The summed E-state index contributed by atoms with van der Waals surface area (Å²) in [6, 6.07) is 24.1. The van der Waals surface area contributed by atoms with Crippen molar-refractivity contribution in [3.8, 4) is 5.75 Å². The van der Waals surface area contributed by atoms with Gasteiger partial charge in [-0.15, -0.1) is 23.4 Å². The number of hydrogen-bond acceptors (Lipinski definition) is 10. The Balaban J connectivity index is 1.35. The van der Waals surface area contributed by atoms with Gasteiger partial charge in [0.1, 0.15) is 11.3 Å². The minimum absolute atomic E-state index is 0.00480. The molecule has 13 heteroatoms. The summed E-state index contributed by atoms with van der Waals surface area (Å²) < 4.78 is 10.8. The Bertz CT molecular complexity index is 1870. The molecule has 0 amide bonds. The number of alkyl halides is 1. The molecule has 5 atom stereocenters. The predicted molar refractivity (Wildman–Crippen MR) is 176 cm³/mol. The van der Waals surface area contributed by atoms with Crippen molar-refractivity contribution in [2.24, 2.45) is 5.92 Å². The lowest BCUT2D eigenvalue weighted by molar-refractivity contribution is -0.387. The van der Waals surface area contributed by atoms with Crippen LogP contribution in [-0.2, 0) is 4.74 Å². The zero-order chi connectivity index (χ0) is 33.2. The molecule has 0 spiro atoms. The van der Waals surface area contributed by atoms with E-state index >= 15 is 0 Å². The smallest absolute Gasteiger partial charge is 0.343 e. The van der Waals surface area contributed by atoms with Crippen LogP contribution in [0.2, 0.25) is 0 Å². The predicted octanol–water partition coefficient (Wildman–Crippen LogP) is 7.94. The molecule has 240 valence electrons. The number of non-ortho nitro benzene ring substituents is 1. The van der Waals surface area contributed by atoms with Gasteiger partial charge in [0, 0.05) is 35.1 Å². The summed E-state index contributed by atoms with van der Waals surface area (Å²) in [5.74, 6) is -1.62. The first-order valence-corrected chi connectivity index (χ1v) is 16.1. The molecule has 11 nitrogen and oxygen atoms in total. The highest BCUT2D eigenvalue weighted by Gasteiger charge is 2.50. The van der Waals surface area contributed by atoms with Crippen molar-refractivity contribution in [3.63, 3.8) is 0 Å². The number of ether oxygens (including phenoxy) is 2. The van der Waals surface area contributed by atoms with Crippen molar-refractivity contribution in [3.05, 3.63) is 133 Å². The van der Waals surface area contributed by atoms with E-state index < -0.39 is 27.2 Å². The Morgan fingerprint density at radius 3 is 2.38 bits per heavy atom. The van der Waals surface area contributed by atoms with Crippen LogP contribution in [0.15, 0.2) is 95.9 Å². The lowest BCUT2D eigenvalue weighted by Crippen LogP contribution is -2.31. The summed E-state index contributed by atoms with van der Waals surface area (Å²) in [4.78, 5) is 48.6. The zero-order valence-corrected chi connectivity index (χ0v) is 26.5. The van der Waals surface area contributed by atoms with Crippen molar-refractivity contribution < 1.29 is 28.9 Å². The Morgan fingerprint density at radius 2 is 1.66 bits per heavy atom. The molecule has 0 saturated heterocycles. The Hall–Kier alpha value is -4.94. The number of anilines is 1. The van der Waals surface area contributed by atoms with Gasteiger partial charge >= 0.3 is 11.9 Å². The first kappa shape index (κ1) is 32.0. The van der Waals surface area contributed by atoms with E-state index in [9.17, 15) is 29.8 Å². The van der Waals surface area contributed by atoms with Gasteiger partial charge in [-0.25, -0.2) is 9.59 Å². The zero-order valence-electron chi connectivity index (χ0n) is 24.9. The van der Waals surface area contributed by atoms with Gasteiger partial charge in [0.2, 0.25) is 0 Å². The lowest BCUT2D eigenvalue weighted by atomic mass is 9.77. The fourth-order valence-corrected chi connectivity index (χ4v) is 8.28. The monoisotopic (exact) mass is 673 g/mol. The Morgan fingerprint density at radius 1 is 0.936 bits per heavy atom. The first-order chi connectivity index (χ1) is 22.7. The van der Waals surface area contributed by atoms with Crippen molar-refractivity contribution in [2.45, 2.75) is 40.8 Å². The SMILES string of the molecule is CCOC(=O)c1ccccc1OC(=O)c1ccc2c(c1)[C@@H]1[C@H](Cl)[C@H](Sc3ccccc3[N+](=O)[O-])C[C@H]1[C@@H](c1ccc([N+](=O)[O-])cc1)N2. The summed E-state index contributed by atoms with van der Waals surface area (Å²) in [6.45, 7) is 1.85. The number of benzene rings is 4. The average molecular weight is 674 g/mol. The third-order valence-electron chi connectivity index (χ3n) is 8.44. The molecule has 4 aromatic carbocycles. The van der Waals surface area contributed by atoms with E-state index in [4.69, 9.17) is 21.1 Å². The molecule has 0 aromatic heterocycles. The van der Waals surface area contributed by atoms with Crippen molar-refractivity contribution in [1.82, 2.24) is 0 Å². The number of carbonyl (C=O) groups is 2. The highest BCUT2D eigenvalue weighted by molar-refractivity contribution is 8.00. The van der Waals surface area contributed by atoms with Crippen molar-refractivity contribution in [2.75, 3.05) is 11.9 Å². The molecule has 2 aliphatic rings. The fraction of sp³-hybridized carbons (Fsp3) is 0.235. The topological polar surface area (TPSA) is 151 Å². The number of nitrogens with zero attached hydrogens (tertiary/aromatic N) is 2. The fourth-order valence-electron chi connectivity index (χ4n) is 6.34. The molecule has 1 fully saturated rings. The van der Waals surface area contributed by atoms with E-state index in [0.29, 0.717) is 11.3 Å². The molecule has 47 heavy (non-hydrogen) atoms. The maximum absolute atomic E-state index is 13.4. The standard InChI is InChI=1S/C34H28ClN3O8S/c1-2-45-34(40)22-7-3-5-9-27(22)46-33(39)20-13-16-25-23(17-20)30-24(32(36-25)19-11-14-21(15-12-19)37(41)42)18-29(31(30)35)47-28-10-6-4-8-26(28)38(43)44/h3-17,24,29-32,36H,2,18H2,1H3/t24-,29-,30+,31-,32-/m1/s1. The number of halogens is 1. The molecule has 1 aliphatic carbocycles. The number of nitro benzene ring substituents is 2. The van der Waals surface area contributed by atoms with Crippen LogP contribution in [0.25, 0.3) is 0 Å². The number of para-hydroxylation sites is 2. The van der Waals surface area contributed by atoms with Crippen LogP contribution >= 0.6 is 23.4 Å². The van der Waals surface area contributed by atoms with Crippen LogP contribution in [0.3, 0.4) is 0 Å². The van der Waals surface area contributed by atoms with Crippen LogP contribution in [0.5, 0.6) is 5.75 Å². The van der Waals surface area contributed by atoms with E-state index in [0.717, 1.165) is 16.8 Å². The molecule has 0 bridgehead atoms. The number of carbonyl (C=O) groups excluding carboxylic acids is 2. The summed E-state index contributed by atoms with van der Waals surface area (Å²) in [6.07, 6.45) is 0.575. The number of fused-ring (bicyclic) bond motifs is 3. The summed E-state index contributed by atoms with van der Waals surface area (Å²) in [5, 5.41) is 25.9. The summed E-state index contributed by atoms with van der Waals surface area (Å²) in [5.41, 5.74) is 2.69. The van der Waals surface area contributed by atoms with Crippen LogP contribution in [0.1, 0.15) is 57.1 Å². The second kappa shape index (κ2) is 13.4. The van der Waals surface area contributed by atoms with E-state index in [1.807, 2.05) is 0 Å². The van der Waals surface area contributed by atoms with E-state index in [-0.39, 0.29) is 58.0 Å². The van der Waals surface area contributed by atoms with Gasteiger partial charge in [-0.2, -0.15) is 0 Å². The number of hydrogen-bond donors (Lipinski definition) is 1. The average Bonchev–Trinajstić information content (AvgIpc) is 3.40. The van der Waals surface area contributed by atoms with Crippen LogP contribution in [0.4, 0.5) is 17.1 Å². The molecule has 0 radical (unpaired) electrons. The molecule has 1 N–H and O–H groups in total. The largest absolute Gasteiger partial charge is 0.462 e. The van der Waals surface area contributed by atoms with Gasteiger partial charge in [0.05, 0.1) is 38.3 Å². The quantitative estimate of drug-likeness (QED) is 0.0609. The molecule has 0 unspecified atom stereocenters. The second-order valence-corrected chi connectivity index (χ2v) is 12.9. The number of nitro groups is 2. The molecule has 1 heterocycles. The van der Waals surface area contributed by atoms with Gasteiger partial charge in [-0.1, -0.05) is 36.4 Å². The lowest BCUT2D eigenvalue weighted by Gasteiger charge is -2.38. The van der Waals surface area contributed by atoms with E-state index in [1.165, 1.54) is 42.1 Å². The minimum Gasteiger partial charge on any atom is -0.462 e. The number of esters is 2. The van der Waals surface area contributed by atoms with Gasteiger partial charge in [0.25, 0.3) is 11.4 Å². The third kappa shape index (κ3) is 6.38. The Labute approximate surface area is 278 Å². The normalized spacial score (nSPS) is 21.1. The van der Waals surface area contributed by atoms with E-state index in [2.05, 4.69) is 5.32 Å². The molecule has 1 aliphatic heterocycles. The Kier molecular flexibility index (Phi) is 9.15. The van der Waals surface area contributed by atoms with Crippen LogP contribution in [-0.4, -0.2) is 39.0 Å². The van der Waals surface area contributed by atoms with Gasteiger partial charge in [-0.3, -0.25) is 20.2 Å². The summed E-state index contributed by atoms with van der Waals surface area (Å²) >= 11 is 8.61.